The molecule has 1 aromatic heterocycles. The lowest BCUT2D eigenvalue weighted by Crippen LogP contribution is -1.94. The van der Waals surface area contributed by atoms with Gasteiger partial charge in [0.05, 0.1) is 5.69 Å². The maximum Gasteiger partial charge on any atom is 0.0653 e. The van der Waals surface area contributed by atoms with Crippen molar-refractivity contribution in [3.63, 3.8) is 0 Å². The molecule has 2 nitrogen and oxygen atoms in total. The first-order chi connectivity index (χ1) is 6.73. The molecule has 0 radical (unpaired) electrons. The predicted octanol–water partition coefficient (Wildman–Crippen LogP) is 3.44. The van der Waals surface area contributed by atoms with E-state index in [1.165, 1.54) is 17.7 Å². The van der Waals surface area contributed by atoms with Crippen molar-refractivity contribution in [2.75, 3.05) is 0 Å². The molecule has 0 aliphatic rings. The second-order valence-corrected chi connectivity index (χ2v) is 3.37. The number of aryl methyl sites for hydroxylation is 3. The van der Waals surface area contributed by atoms with Crippen molar-refractivity contribution in [1.29, 1.82) is 0 Å². The standard InChI is InChI=1S/C9H16N2.C3H8/c1-4-8-7-11(6-3)10-9(8)5-2;1-3-2/h7H,4-6H2,1-3H3;3H2,1-2H3. The van der Waals surface area contributed by atoms with Crippen LogP contribution in [0.15, 0.2) is 6.20 Å². The Morgan fingerprint density at radius 3 is 1.93 bits per heavy atom. The molecule has 1 aromatic rings. The van der Waals surface area contributed by atoms with E-state index in [4.69, 9.17) is 0 Å². The van der Waals surface area contributed by atoms with Crippen LogP contribution in [-0.4, -0.2) is 9.78 Å². The molecular formula is C12H24N2. The molecule has 14 heavy (non-hydrogen) atoms. The monoisotopic (exact) mass is 196 g/mol. The van der Waals surface area contributed by atoms with Gasteiger partial charge >= 0.3 is 0 Å². The highest BCUT2D eigenvalue weighted by molar-refractivity contribution is 5.16. The summed E-state index contributed by atoms with van der Waals surface area (Å²) in [7, 11) is 0. The van der Waals surface area contributed by atoms with Gasteiger partial charge in [-0.3, -0.25) is 4.68 Å². The topological polar surface area (TPSA) is 17.8 Å². The van der Waals surface area contributed by atoms with Gasteiger partial charge in [0.15, 0.2) is 0 Å². The summed E-state index contributed by atoms with van der Waals surface area (Å²) in [6.45, 7) is 11.7. The minimum atomic E-state index is 0.979. The second kappa shape index (κ2) is 7.60. The normalized spacial score (nSPS) is 9.50. The molecule has 82 valence electrons. The summed E-state index contributed by atoms with van der Waals surface area (Å²) in [5, 5.41) is 4.43. The SMILES string of the molecule is CCC.CCc1cn(CC)nc1CC. The fraction of sp³-hybridized carbons (Fsp3) is 0.750. The lowest BCUT2D eigenvalue weighted by atomic mass is 10.2. The molecule has 0 amide bonds. The van der Waals surface area contributed by atoms with Gasteiger partial charge in [0.2, 0.25) is 0 Å². The molecule has 0 aliphatic heterocycles. The highest BCUT2D eigenvalue weighted by Gasteiger charge is 2.02. The van der Waals surface area contributed by atoms with E-state index in [2.05, 4.69) is 45.9 Å². The van der Waals surface area contributed by atoms with E-state index in [9.17, 15) is 0 Å². The Kier molecular flexibility index (Phi) is 7.17. The molecule has 1 heterocycles. The summed E-state index contributed by atoms with van der Waals surface area (Å²) in [5.74, 6) is 0. The molecule has 0 aromatic carbocycles. The lowest BCUT2D eigenvalue weighted by molar-refractivity contribution is 0.648. The molecule has 0 atom stereocenters. The van der Waals surface area contributed by atoms with Gasteiger partial charge in [0.25, 0.3) is 0 Å². The molecule has 0 unspecified atom stereocenters. The van der Waals surface area contributed by atoms with E-state index in [1.807, 2.05) is 4.68 Å². The quantitative estimate of drug-likeness (QED) is 0.724. The second-order valence-electron chi connectivity index (χ2n) is 3.37. The summed E-state index contributed by atoms with van der Waals surface area (Å²) in [4.78, 5) is 0. The summed E-state index contributed by atoms with van der Waals surface area (Å²) >= 11 is 0. The van der Waals surface area contributed by atoms with Gasteiger partial charge in [-0.1, -0.05) is 34.1 Å². The van der Waals surface area contributed by atoms with Crippen LogP contribution in [-0.2, 0) is 19.4 Å². The number of hydrogen-bond acceptors (Lipinski definition) is 1. The average molecular weight is 196 g/mol. The Balaban J connectivity index is 0.000000500. The largest absolute Gasteiger partial charge is 0.272 e. The average Bonchev–Trinajstić information content (AvgIpc) is 2.61. The number of hydrogen-bond donors (Lipinski definition) is 0. The third-order valence-electron chi connectivity index (χ3n) is 1.96. The minimum absolute atomic E-state index is 0.979. The van der Waals surface area contributed by atoms with Crippen LogP contribution in [0.25, 0.3) is 0 Å². The minimum Gasteiger partial charge on any atom is -0.272 e. The van der Waals surface area contributed by atoms with Gasteiger partial charge in [-0.2, -0.15) is 5.10 Å². The van der Waals surface area contributed by atoms with Crippen LogP contribution >= 0.6 is 0 Å². The maximum absolute atomic E-state index is 4.43. The van der Waals surface area contributed by atoms with E-state index < -0.39 is 0 Å². The smallest absolute Gasteiger partial charge is 0.0653 e. The zero-order valence-electron chi connectivity index (χ0n) is 10.3. The first-order valence-corrected chi connectivity index (χ1v) is 5.78. The van der Waals surface area contributed by atoms with E-state index in [1.54, 1.807) is 0 Å². The fourth-order valence-corrected chi connectivity index (χ4v) is 1.26. The molecule has 0 N–H and O–H groups in total. The van der Waals surface area contributed by atoms with Crippen molar-refractivity contribution < 1.29 is 0 Å². The van der Waals surface area contributed by atoms with Gasteiger partial charge in [0.1, 0.15) is 0 Å². The predicted molar refractivity (Wildman–Crippen MR) is 62.6 cm³/mol. The molecule has 0 bridgehead atoms. The molecule has 0 saturated heterocycles. The summed E-state index contributed by atoms with van der Waals surface area (Å²) in [6, 6.07) is 0. The van der Waals surface area contributed by atoms with Crippen molar-refractivity contribution in [2.45, 2.75) is 60.4 Å². The van der Waals surface area contributed by atoms with Crippen LogP contribution in [0.4, 0.5) is 0 Å². The fourth-order valence-electron chi connectivity index (χ4n) is 1.26. The zero-order valence-corrected chi connectivity index (χ0v) is 10.3. The molecule has 0 aliphatic carbocycles. The van der Waals surface area contributed by atoms with Crippen molar-refractivity contribution in [1.82, 2.24) is 9.78 Å². The highest BCUT2D eigenvalue weighted by atomic mass is 15.3. The first kappa shape index (κ1) is 13.2. The Morgan fingerprint density at radius 2 is 1.64 bits per heavy atom. The van der Waals surface area contributed by atoms with Gasteiger partial charge in [0, 0.05) is 12.7 Å². The molecule has 0 fully saturated rings. The maximum atomic E-state index is 4.43. The van der Waals surface area contributed by atoms with Gasteiger partial charge in [-0.25, -0.2) is 0 Å². The van der Waals surface area contributed by atoms with Crippen LogP contribution in [0.1, 0.15) is 52.3 Å². The molecule has 0 spiro atoms. The van der Waals surface area contributed by atoms with Crippen molar-refractivity contribution in [3.05, 3.63) is 17.5 Å². The molecule has 1 rings (SSSR count). The highest BCUT2D eigenvalue weighted by Crippen LogP contribution is 2.07. The van der Waals surface area contributed by atoms with Crippen LogP contribution in [0.3, 0.4) is 0 Å². The molecular weight excluding hydrogens is 172 g/mol. The van der Waals surface area contributed by atoms with E-state index in [-0.39, 0.29) is 0 Å². The number of aromatic nitrogens is 2. The van der Waals surface area contributed by atoms with Gasteiger partial charge in [-0.05, 0) is 25.3 Å². The first-order valence-electron chi connectivity index (χ1n) is 5.78. The van der Waals surface area contributed by atoms with E-state index in [0.29, 0.717) is 0 Å². The van der Waals surface area contributed by atoms with E-state index >= 15 is 0 Å². The number of nitrogens with zero attached hydrogens (tertiary/aromatic N) is 2. The molecule has 2 heteroatoms. The Bertz CT molecular complexity index is 217. The summed E-state index contributed by atoms with van der Waals surface area (Å²) < 4.78 is 2.01. The van der Waals surface area contributed by atoms with Crippen molar-refractivity contribution in [3.8, 4) is 0 Å². The van der Waals surface area contributed by atoms with E-state index in [0.717, 1.165) is 19.4 Å². The van der Waals surface area contributed by atoms with Gasteiger partial charge < -0.3 is 0 Å². The van der Waals surface area contributed by atoms with Crippen LogP contribution in [0, 0.1) is 0 Å². The van der Waals surface area contributed by atoms with Crippen LogP contribution < -0.4 is 0 Å². The van der Waals surface area contributed by atoms with Crippen LogP contribution in [0.2, 0.25) is 0 Å². The summed E-state index contributed by atoms with van der Waals surface area (Å²) in [6.07, 6.45) is 5.55. The van der Waals surface area contributed by atoms with Crippen LogP contribution in [0.5, 0.6) is 0 Å². The molecule has 0 saturated carbocycles. The number of rotatable bonds is 3. The third-order valence-corrected chi connectivity index (χ3v) is 1.96. The van der Waals surface area contributed by atoms with Crippen molar-refractivity contribution in [2.24, 2.45) is 0 Å². The van der Waals surface area contributed by atoms with Crippen molar-refractivity contribution >= 4 is 0 Å². The Morgan fingerprint density at radius 1 is 1.07 bits per heavy atom. The third kappa shape index (κ3) is 3.95. The Hall–Kier alpha value is -0.790. The summed E-state index contributed by atoms with van der Waals surface area (Å²) in [5.41, 5.74) is 2.66. The van der Waals surface area contributed by atoms with Gasteiger partial charge in [-0.15, -0.1) is 0 Å². The lowest BCUT2D eigenvalue weighted by Gasteiger charge is -1.91. The Labute approximate surface area is 88.3 Å². The zero-order chi connectivity index (χ0) is 11.0.